The Morgan fingerprint density at radius 2 is 1.96 bits per heavy atom. The molecule has 0 radical (unpaired) electrons. The summed E-state index contributed by atoms with van der Waals surface area (Å²) in [5, 5.41) is 10.2. The van der Waals surface area contributed by atoms with Crippen LogP contribution in [0.2, 0.25) is 0 Å². The van der Waals surface area contributed by atoms with Gasteiger partial charge in [0.15, 0.2) is 5.78 Å². The number of allylic oxidation sites excluding steroid dienone is 1. The highest BCUT2D eigenvalue weighted by atomic mass is 16.5. The summed E-state index contributed by atoms with van der Waals surface area (Å²) < 4.78 is 6.05. The molecule has 7 heteroatoms. The smallest absolute Gasteiger partial charge is 0.331 e. The number of rotatable bonds is 7. The lowest BCUT2D eigenvalue weighted by molar-refractivity contribution is 0.104. The van der Waals surface area contributed by atoms with Crippen molar-refractivity contribution in [2.24, 2.45) is 0 Å². The Morgan fingerprint density at radius 3 is 2.56 bits per heavy atom. The third-order valence-corrected chi connectivity index (χ3v) is 3.70. The number of aromatic amines is 1. The molecule has 1 heterocycles. The monoisotopic (exact) mass is 344 g/mol. The maximum atomic E-state index is 12.3. The zero-order chi connectivity index (χ0) is 18.4. The number of hydrogen-bond donors (Lipinski definition) is 2. The molecule has 0 atom stereocenters. The van der Waals surface area contributed by atoms with Crippen molar-refractivity contribution in [1.29, 1.82) is 0 Å². The van der Waals surface area contributed by atoms with Gasteiger partial charge in [-0.2, -0.15) is 0 Å². The summed E-state index contributed by atoms with van der Waals surface area (Å²) in [5.74, 6) is -0.605. The molecule has 2 rings (SSSR count). The topological polar surface area (TPSA) is 101 Å². The fourth-order valence-electron chi connectivity index (χ4n) is 2.28. The zero-order valence-corrected chi connectivity index (χ0v) is 14.1. The molecule has 2 N–H and O–H groups in total. The molecular formula is C18H20N2O5. The highest BCUT2D eigenvalue weighted by Crippen LogP contribution is 2.15. The fraction of sp³-hybridized carbons (Fsp3) is 0.278. The van der Waals surface area contributed by atoms with Crippen LogP contribution in [0, 0.1) is 0 Å². The molecule has 25 heavy (non-hydrogen) atoms. The molecule has 7 nitrogen and oxygen atoms in total. The van der Waals surface area contributed by atoms with Crippen LogP contribution < -0.4 is 16.0 Å². The first kappa shape index (κ1) is 18.3. The van der Waals surface area contributed by atoms with Gasteiger partial charge in [0.25, 0.3) is 5.56 Å². The second-order valence-corrected chi connectivity index (χ2v) is 5.43. The van der Waals surface area contributed by atoms with E-state index in [1.165, 1.54) is 12.2 Å². The number of benzene rings is 1. The normalized spacial score (nSPS) is 11.0. The van der Waals surface area contributed by atoms with Crippen molar-refractivity contribution in [2.45, 2.75) is 26.3 Å². The number of ether oxygens (including phenoxy) is 1. The number of H-pyrrole nitrogens is 1. The predicted octanol–water partition coefficient (Wildman–Crippen LogP) is 1.95. The van der Waals surface area contributed by atoms with Crippen molar-refractivity contribution in [3.8, 4) is 11.6 Å². The van der Waals surface area contributed by atoms with Gasteiger partial charge in [0.1, 0.15) is 11.3 Å². The average molecular weight is 344 g/mol. The Hall–Kier alpha value is -3.09. The van der Waals surface area contributed by atoms with Crippen molar-refractivity contribution in [1.82, 2.24) is 9.55 Å². The van der Waals surface area contributed by atoms with E-state index < -0.39 is 28.5 Å². The third kappa shape index (κ3) is 4.26. The number of nitrogens with zero attached hydrogens (tertiary/aromatic N) is 1. The largest absolute Gasteiger partial charge is 0.497 e. The van der Waals surface area contributed by atoms with Gasteiger partial charge in [-0.1, -0.05) is 31.6 Å². The Kier molecular flexibility index (Phi) is 5.94. The Labute approximate surface area is 144 Å². The van der Waals surface area contributed by atoms with Crippen molar-refractivity contribution in [2.75, 3.05) is 7.11 Å². The number of ketones is 1. The molecule has 1 aromatic carbocycles. The molecule has 0 bridgehead atoms. The molecular weight excluding hydrogens is 324 g/mol. The number of aromatic hydroxyl groups is 1. The molecule has 0 fully saturated rings. The van der Waals surface area contributed by atoms with E-state index in [2.05, 4.69) is 4.98 Å². The highest BCUT2D eigenvalue weighted by molar-refractivity contribution is 6.08. The minimum absolute atomic E-state index is 0.223. The second kappa shape index (κ2) is 8.14. The van der Waals surface area contributed by atoms with E-state index in [9.17, 15) is 19.5 Å². The summed E-state index contributed by atoms with van der Waals surface area (Å²) >= 11 is 0. The van der Waals surface area contributed by atoms with Crippen LogP contribution >= 0.6 is 0 Å². The van der Waals surface area contributed by atoms with E-state index in [4.69, 9.17) is 4.74 Å². The summed E-state index contributed by atoms with van der Waals surface area (Å²) in [4.78, 5) is 38.1. The zero-order valence-electron chi connectivity index (χ0n) is 14.1. The fourth-order valence-corrected chi connectivity index (χ4v) is 2.28. The van der Waals surface area contributed by atoms with Gasteiger partial charge >= 0.3 is 5.69 Å². The molecule has 2 aromatic rings. The number of carbonyl (C=O) groups excluding carboxylic acids is 1. The first-order valence-corrected chi connectivity index (χ1v) is 7.90. The van der Waals surface area contributed by atoms with E-state index in [1.54, 1.807) is 31.4 Å². The first-order valence-electron chi connectivity index (χ1n) is 7.90. The molecule has 132 valence electrons. The number of aromatic nitrogens is 2. The Balaban J connectivity index is 2.33. The van der Waals surface area contributed by atoms with Crippen molar-refractivity contribution >= 4 is 11.9 Å². The molecule has 0 aliphatic heterocycles. The number of methoxy groups -OCH3 is 1. The molecule has 0 saturated carbocycles. The minimum Gasteiger partial charge on any atom is -0.497 e. The number of nitrogens with one attached hydrogen (secondary N) is 1. The van der Waals surface area contributed by atoms with Gasteiger partial charge < -0.3 is 9.84 Å². The number of unbranched alkanes of at least 4 members (excludes halogenated alkanes) is 1. The standard InChI is InChI=1S/C18H20N2O5/c1-3-4-11-20-17(23)15(16(22)19-18(20)24)14(21)10-7-12-5-8-13(25-2)9-6-12/h5-10,23H,3-4,11H2,1-2H3,(H,19,22,24)/b10-7+. The van der Waals surface area contributed by atoms with Gasteiger partial charge in [-0.05, 0) is 30.2 Å². The maximum Gasteiger partial charge on any atom is 0.331 e. The lowest BCUT2D eigenvalue weighted by atomic mass is 10.1. The minimum atomic E-state index is -0.903. The molecule has 0 unspecified atom stereocenters. The van der Waals surface area contributed by atoms with Crippen LogP contribution in [-0.2, 0) is 6.54 Å². The van der Waals surface area contributed by atoms with E-state index >= 15 is 0 Å². The summed E-state index contributed by atoms with van der Waals surface area (Å²) in [7, 11) is 1.55. The van der Waals surface area contributed by atoms with Crippen LogP contribution in [0.25, 0.3) is 6.08 Å². The van der Waals surface area contributed by atoms with E-state index in [0.29, 0.717) is 12.2 Å². The lowest BCUT2D eigenvalue weighted by Crippen LogP contribution is -2.33. The molecule has 0 spiro atoms. The Bertz CT molecular complexity index is 891. The second-order valence-electron chi connectivity index (χ2n) is 5.43. The van der Waals surface area contributed by atoms with E-state index in [0.717, 1.165) is 16.6 Å². The average Bonchev–Trinajstić information content (AvgIpc) is 2.60. The van der Waals surface area contributed by atoms with E-state index in [1.807, 2.05) is 6.92 Å². The molecule has 0 saturated heterocycles. The van der Waals surface area contributed by atoms with Crippen molar-refractivity contribution in [3.05, 3.63) is 62.3 Å². The van der Waals surface area contributed by atoms with Gasteiger partial charge in [0.05, 0.1) is 7.11 Å². The van der Waals surface area contributed by atoms with Crippen molar-refractivity contribution < 1.29 is 14.6 Å². The molecule has 0 aliphatic rings. The maximum absolute atomic E-state index is 12.3. The van der Waals surface area contributed by atoms with Crippen LogP contribution in [0.15, 0.2) is 39.9 Å². The predicted molar refractivity (Wildman–Crippen MR) is 94.3 cm³/mol. The summed E-state index contributed by atoms with van der Waals surface area (Å²) in [5.41, 5.74) is -1.35. The van der Waals surface area contributed by atoms with Crippen LogP contribution in [0.5, 0.6) is 11.6 Å². The van der Waals surface area contributed by atoms with Crippen LogP contribution in [0.1, 0.15) is 35.7 Å². The Morgan fingerprint density at radius 1 is 1.28 bits per heavy atom. The van der Waals surface area contributed by atoms with Gasteiger partial charge in [0.2, 0.25) is 5.88 Å². The summed E-state index contributed by atoms with van der Waals surface area (Å²) in [6.45, 7) is 2.15. The van der Waals surface area contributed by atoms with Gasteiger partial charge in [-0.3, -0.25) is 19.1 Å². The van der Waals surface area contributed by atoms with E-state index in [-0.39, 0.29) is 6.54 Å². The van der Waals surface area contributed by atoms with Crippen LogP contribution in [0.3, 0.4) is 0 Å². The SMILES string of the molecule is CCCCn1c(O)c(C(=O)/C=C/c2ccc(OC)cc2)c(=O)[nH]c1=O. The first-order chi connectivity index (χ1) is 12.0. The third-order valence-electron chi connectivity index (χ3n) is 3.70. The molecule has 1 aromatic heterocycles. The highest BCUT2D eigenvalue weighted by Gasteiger charge is 2.18. The van der Waals surface area contributed by atoms with Crippen LogP contribution in [-0.4, -0.2) is 27.6 Å². The summed E-state index contributed by atoms with van der Waals surface area (Å²) in [6, 6.07) is 6.96. The number of carbonyl (C=O) groups is 1. The van der Waals surface area contributed by atoms with Gasteiger partial charge in [-0.15, -0.1) is 0 Å². The lowest BCUT2D eigenvalue weighted by Gasteiger charge is -2.09. The number of hydrogen-bond acceptors (Lipinski definition) is 5. The van der Waals surface area contributed by atoms with Gasteiger partial charge in [0, 0.05) is 6.54 Å². The van der Waals surface area contributed by atoms with Crippen LogP contribution in [0.4, 0.5) is 0 Å². The molecule has 0 aliphatic carbocycles. The molecule has 0 amide bonds. The van der Waals surface area contributed by atoms with Crippen molar-refractivity contribution in [3.63, 3.8) is 0 Å². The summed E-state index contributed by atoms with van der Waals surface area (Å²) in [6.07, 6.45) is 4.13. The van der Waals surface area contributed by atoms with Gasteiger partial charge in [-0.25, -0.2) is 4.79 Å². The quantitative estimate of drug-likeness (QED) is 0.590.